The first-order valence-corrected chi connectivity index (χ1v) is 6.99. The van der Waals surface area contributed by atoms with Crippen molar-refractivity contribution in [1.29, 1.82) is 0 Å². The lowest BCUT2D eigenvalue weighted by atomic mass is 10.1. The number of likely N-dealkylation sites (tertiary alicyclic amines) is 1. The number of carbonyl (C=O) groups excluding carboxylic acids is 1. The molecule has 1 saturated heterocycles. The normalized spacial score (nSPS) is 17.5. The molecule has 0 aromatic carbocycles. The number of aromatic nitrogens is 1. The van der Waals surface area contributed by atoms with E-state index in [2.05, 4.69) is 17.2 Å². The van der Waals surface area contributed by atoms with E-state index in [-0.39, 0.29) is 12.1 Å². The Balaban J connectivity index is 1.76. The summed E-state index contributed by atoms with van der Waals surface area (Å²) in [5.41, 5.74) is 0.774. The van der Waals surface area contributed by atoms with E-state index in [1.54, 1.807) is 17.3 Å². The van der Waals surface area contributed by atoms with Crippen LogP contribution in [0, 0.1) is 0 Å². The fourth-order valence-corrected chi connectivity index (χ4v) is 2.16. The summed E-state index contributed by atoms with van der Waals surface area (Å²) in [7, 11) is 0. The van der Waals surface area contributed by atoms with Gasteiger partial charge >= 0.3 is 6.09 Å². The molecule has 0 radical (unpaired) electrons. The first-order valence-electron chi connectivity index (χ1n) is 6.99. The third-order valence-electron chi connectivity index (χ3n) is 3.23. The van der Waals surface area contributed by atoms with Gasteiger partial charge in [0, 0.05) is 37.6 Å². The molecule has 1 atom stereocenters. The van der Waals surface area contributed by atoms with E-state index in [1.165, 1.54) is 5.56 Å². The van der Waals surface area contributed by atoms with Crippen LogP contribution >= 0.6 is 0 Å². The highest BCUT2D eigenvalue weighted by Crippen LogP contribution is 2.18. The summed E-state index contributed by atoms with van der Waals surface area (Å²) >= 11 is 0. The first-order chi connectivity index (χ1) is 9.35. The number of rotatable bonds is 3. The maximum absolute atomic E-state index is 11.8. The molecule has 0 spiro atoms. The Labute approximate surface area is 120 Å². The van der Waals surface area contributed by atoms with Gasteiger partial charge in [-0.3, -0.25) is 4.98 Å². The molecule has 110 valence electrons. The summed E-state index contributed by atoms with van der Waals surface area (Å²) in [6, 6.07) is 4.58. The monoisotopic (exact) mass is 277 g/mol. The summed E-state index contributed by atoms with van der Waals surface area (Å²) in [5.74, 6) is 0. The van der Waals surface area contributed by atoms with Crippen molar-refractivity contribution in [2.75, 3.05) is 13.1 Å². The number of nitrogens with zero attached hydrogens (tertiary/aromatic N) is 2. The molecule has 0 aliphatic carbocycles. The number of amides is 1. The van der Waals surface area contributed by atoms with Crippen molar-refractivity contribution in [3.63, 3.8) is 0 Å². The molecule has 2 heterocycles. The van der Waals surface area contributed by atoms with Crippen molar-refractivity contribution in [3.8, 4) is 0 Å². The van der Waals surface area contributed by atoms with E-state index in [0.717, 1.165) is 0 Å². The minimum absolute atomic E-state index is 0.230. The number of nitrogens with one attached hydrogen (secondary N) is 1. The van der Waals surface area contributed by atoms with Gasteiger partial charge in [0.15, 0.2) is 0 Å². The summed E-state index contributed by atoms with van der Waals surface area (Å²) in [6.45, 7) is 9.16. The predicted molar refractivity (Wildman–Crippen MR) is 77.4 cm³/mol. The van der Waals surface area contributed by atoms with E-state index in [4.69, 9.17) is 4.74 Å². The van der Waals surface area contributed by atoms with Crippen LogP contribution in [0.4, 0.5) is 4.79 Å². The smallest absolute Gasteiger partial charge is 0.410 e. The zero-order chi connectivity index (χ0) is 14.8. The molecule has 1 aromatic rings. The molecule has 5 nitrogen and oxygen atoms in total. The maximum Gasteiger partial charge on any atom is 0.410 e. The molecule has 0 saturated carbocycles. The fraction of sp³-hybridized carbons (Fsp3) is 0.600. The van der Waals surface area contributed by atoms with Gasteiger partial charge in [0.05, 0.1) is 0 Å². The molecule has 1 aliphatic rings. The Hall–Kier alpha value is -1.62. The van der Waals surface area contributed by atoms with Crippen LogP contribution < -0.4 is 5.32 Å². The number of carbonyl (C=O) groups is 1. The van der Waals surface area contributed by atoms with Gasteiger partial charge in [-0.25, -0.2) is 4.79 Å². The Kier molecular flexibility index (Phi) is 4.28. The lowest BCUT2D eigenvalue weighted by Gasteiger charge is -2.41. The second-order valence-corrected chi connectivity index (χ2v) is 6.25. The summed E-state index contributed by atoms with van der Waals surface area (Å²) < 4.78 is 5.33. The molecule has 2 rings (SSSR count). The predicted octanol–water partition coefficient (Wildman–Crippen LogP) is 2.35. The summed E-state index contributed by atoms with van der Waals surface area (Å²) in [6.07, 6.45) is 3.36. The highest BCUT2D eigenvalue weighted by molar-refractivity contribution is 5.69. The Morgan fingerprint density at radius 3 is 2.55 bits per heavy atom. The van der Waals surface area contributed by atoms with Crippen molar-refractivity contribution in [2.24, 2.45) is 0 Å². The summed E-state index contributed by atoms with van der Waals surface area (Å²) in [5, 5.41) is 3.50. The molecule has 5 heteroatoms. The third-order valence-corrected chi connectivity index (χ3v) is 3.23. The van der Waals surface area contributed by atoms with Crippen molar-refractivity contribution < 1.29 is 9.53 Å². The second-order valence-electron chi connectivity index (χ2n) is 6.25. The van der Waals surface area contributed by atoms with Crippen molar-refractivity contribution in [1.82, 2.24) is 15.2 Å². The standard InChI is InChI=1S/C15H23N3O2/c1-11(12-5-7-16-8-6-12)17-13-9-18(10-13)14(19)20-15(2,3)4/h5-8,11,13,17H,9-10H2,1-4H3. The number of hydrogen-bond donors (Lipinski definition) is 1. The highest BCUT2D eigenvalue weighted by atomic mass is 16.6. The molecule has 1 unspecified atom stereocenters. The second kappa shape index (κ2) is 5.79. The molecule has 1 aliphatic heterocycles. The fourth-order valence-electron chi connectivity index (χ4n) is 2.16. The summed E-state index contributed by atoms with van der Waals surface area (Å²) in [4.78, 5) is 17.5. The van der Waals surface area contributed by atoms with Gasteiger partial charge in [0.1, 0.15) is 5.60 Å². The zero-order valence-corrected chi connectivity index (χ0v) is 12.6. The van der Waals surface area contributed by atoms with Crippen molar-refractivity contribution in [3.05, 3.63) is 30.1 Å². The van der Waals surface area contributed by atoms with E-state index in [0.29, 0.717) is 19.1 Å². The van der Waals surface area contributed by atoms with Gasteiger partial charge in [-0.2, -0.15) is 0 Å². The average molecular weight is 277 g/mol. The lowest BCUT2D eigenvalue weighted by Crippen LogP contribution is -2.60. The molecular weight excluding hydrogens is 254 g/mol. The van der Waals surface area contributed by atoms with Crippen LogP contribution in [-0.4, -0.2) is 40.7 Å². The third kappa shape index (κ3) is 3.93. The van der Waals surface area contributed by atoms with Crippen molar-refractivity contribution >= 4 is 6.09 Å². The van der Waals surface area contributed by atoms with Crippen LogP contribution in [0.3, 0.4) is 0 Å². The maximum atomic E-state index is 11.8. The Morgan fingerprint density at radius 1 is 1.40 bits per heavy atom. The van der Waals surface area contributed by atoms with Crippen LogP contribution in [0.25, 0.3) is 0 Å². The highest BCUT2D eigenvalue weighted by Gasteiger charge is 2.34. The van der Waals surface area contributed by atoms with Crippen LogP contribution in [0.15, 0.2) is 24.5 Å². The topological polar surface area (TPSA) is 54.5 Å². The largest absolute Gasteiger partial charge is 0.444 e. The molecule has 1 fully saturated rings. The van der Waals surface area contributed by atoms with Gasteiger partial charge in [0.2, 0.25) is 0 Å². The van der Waals surface area contributed by atoms with Gasteiger partial charge in [-0.15, -0.1) is 0 Å². The van der Waals surface area contributed by atoms with Crippen molar-refractivity contribution in [2.45, 2.75) is 45.4 Å². The number of ether oxygens (including phenoxy) is 1. The Bertz CT molecular complexity index is 450. The lowest BCUT2D eigenvalue weighted by molar-refractivity contribution is 0.00434. The molecule has 1 aromatic heterocycles. The van der Waals surface area contributed by atoms with Gasteiger partial charge in [0.25, 0.3) is 0 Å². The molecule has 20 heavy (non-hydrogen) atoms. The van der Waals surface area contributed by atoms with Gasteiger partial charge < -0.3 is 15.0 Å². The van der Waals surface area contributed by atoms with Crippen LogP contribution in [-0.2, 0) is 4.74 Å². The molecule has 0 bridgehead atoms. The molecular formula is C15H23N3O2. The Morgan fingerprint density at radius 2 is 2.00 bits per heavy atom. The van der Waals surface area contributed by atoms with E-state index in [1.807, 2.05) is 32.9 Å². The average Bonchev–Trinajstić information content (AvgIpc) is 2.31. The number of pyridine rings is 1. The van der Waals surface area contributed by atoms with Crippen LogP contribution in [0.2, 0.25) is 0 Å². The van der Waals surface area contributed by atoms with Gasteiger partial charge in [-0.1, -0.05) is 0 Å². The van der Waals surface area contributed by atoms with Crippen LogP contribution in [0.1, 0.15) is 39.3 Å². The molecule has 1 amide bonds. The van der Waals surface area contributed by atoms with E-state index < -0.39 is 5.60 Å². The van der Waals surface area contributed by atoms with Crippen LogP contribution in [0.5, 0.6) is 0 Å². The minimum Gasteiger partial charge on any atom is -0.444 e. The van der Waals surface area contributed by atoms with Gasteiger partial charge in [-0.05, 0) is 45.4 Å². The van der Waals surface area contributed by atoms with E-state index >= 15 is 0 Å². The molecule has 1 N–H and O–H groups in total. The van der Waals surface area contributed by atoms with E-state index in [9.17, 15) is 4.79 Å². The minimum atomic E-state index is -0.431. The first kappa shape index (κ1) is 14.8. The zero-order valence-electron chi connectivity index (χ0n) is 12.6. The quantitative estimate of drug-likeness (QED) is 0.921. The number of hydrogen-bond acceptors (Lipinski definition) is 4. The SMILES string of the molecule is CC(NC1CN(C(=O)OC(C)(C)C)C1)c1ccncc1.